The average molecular weight is 495 g/mol. The van der Waals surface area contributed by atoms with Crippen LogP contribution in [0.3, 0.4) is 0 Å². The van der Waals surface area contributed by atoms with E-state index < -0.39 is 34.1 Å². The van der Waals surface area contributed by atoms with Crippen LogP contribution in [0.15, 0.2) is 23.1 Å². The molecule has 1 saturated heterocycles. The van der Waals surface area contributed by atoms with Gasteiger partial charge in [-0.05, 0) is 38.8 Å². The van der Waals surface area contributed by atoms with E-state index in [1.165, 1.54) is 25.1 Å². The van der Waals surface area contributed by atoms with E-state index in [2.05, 4.69) is 4.72 Å². The summed E-state index contributed by atoms with van der Waals surface area (Å²) < 4.78 is 39.0. The van der Waals surface area contributed by atoms with Crippen LogP contribution in [0.1, 0.15) is 34.6 Å². The first-order valence-electron chi connectivity index (χ1n) is 9.94. The van der Waals surface area contributed by atoms with Crippen molar-refractivity contribution in [1.82, 2.24) is 9.62 Å². The Hall–Kier alpha value is -1.39. The van der Waals surface area contributed by atoms with Gasteiger partial charge >= 0.3 is 5.97 Å². The molecule has 31 heavy (non-hydrogen) atoms. The number of nitrogens with one attached hydrogen (secondary N) is 1. The number of morpholine rings is 1. The summed E-state index contributed by atoms with van der Waals surface area (Å²) in [7, 11) is -4.23. The minimum absolute atomic E-state index is 0.0741. The van der Waals surface area contributed by atoms with E-state index in [4.69, 9.17) is 32.7 Å². The third kappa shape index (κ3) is 6.55. The van der Waals surface area contributed by atoms with Crippen LogP contribution in [0.2, 0.25) is 10.0 Å². The molecule has 0 spiro atoms. The van der Waals surface area contributed by atoms with Crippen LogP contribution in [-0.4, -0.2) is 62.6 Å². The van der Waals surface area contributed by atoms with Gasteiger partial charge in [-0.2, -0.15) is 4.72 Å². The van der Waals surface area contributed by atoms with Crippen molar-refractivity contribution in [3.8, 4) is 0 Å². The molecule has 0 bridgehead atoms. The fourth-order valence-corrected chi connectivity index (χ4v) is 5.81. The van der Waals surface area contributed by atoms with Crippen molar-refractivity contribution < 1.29 is 27.5 Å². The zero-order valence-corrected chi connectivity index (χ0v) is 20.4. The van der Waals surface area contributed by atoms with Crippen LogP contribution < -0.4 is 4.72 Å². The minimum atomic E-state index is -4.23. The lowest BCUT2D eigenvalue weighted by molar-refractivity contribution is -0.166. The largest absolute Gasteiger partial charge is 0.451 e. The van der Waals surface area contributed by atoms with Gasteiger partial charge in [0.05, 0.1) is 22.3 Å². The second-order valence-electron chi connectivity index (χ2n) is 7.97. The zero-order valence-electron chi connectivity index (χ0n) is 18.1. The highest BCUT2D eigenvalue weighted by atomic mass is 35.5. The average Bonchev–Trinajstić information content (AvgIpc) is 2.64. The molecule has 1 N–H and O–H groups in total. The first-order valence-corrected chi connectivity index (χ1v) is 12.2. The fraction of sp³-hybridized carbons (Fsp3) is 0.600. The normalized spacial score (nSPS) is 21.6. The van der Waals surface area contributed by atoms with Crippen LogP contribution in [-0.2, 0) is 29.1 Å². The Morgan fingerprint density at radius 2 is 1.65 bits per heavy atom. The monoisotopic (exact) mass is 494 g/mol. The number of nitrogens with zero attached hydrogens (tertiary/aromatic N) is 1. The molecule has 174 valence electrons. The standard InChI is InChI=1S/C20H28Cl2N2O6S/c1-11(2)17(23-31(27,28)18-15(21)7-6-8-16(18)22)20(26)30-14(5)19(25)24-9-12(3)29-13(4)10-24/h6-8,11-14,17,23H,9-10H2,1-5H3/t12-,13-,14+,17-/m1/s1. The quantitative estimate of drug-likeness (QED) is 0.584. The molecule has 1 aliphatic rings. The highest BCUT2D eigenvalue weighted by molar-refractivity contribution is 7.89. The van der Waals surface area contributed by atoms with Crippen LogP contribution in [0.5, 0.6) is 0 Å². The highest BCUT2D eigenvalue weighted by Gasteiger charge is 2.35. The number of amides is 1. The lowest BCUT2D eigenvalue weighted by atomic mass is 10.1. The Labute approximate surface area is 193 Å². The summed E-state index contributed by atoms with van der Waals surface area (Å²) in [6, 6.07) is 3.04. The van der Waals surface area contributed by atoms with Crippen molar-refractivity contribution >= 4 is 45.1 Å². The van der Waals surface area contributed by atoms with Crippen molar-refractivity contribution in [3.05, 3.63) is 28.2 Å². The molecule has 1 aliphatic heterocycles. The molecule has 0 aliphatic carbocycles. The van der Waals surface area contributed by atoms with Gasteiger partial charge in [-0.25, -0.2) is 8.42 Å². The maximum Gasteiger partial charge on any atom is 0.325 e. The summed E-state index contributed by atoms with van der Waals surface area (Å²) in [4.78, 5) is 26.8. The van der Waals surface area contributed by atoms with Gasteiger partial charge < -0.3 is 14.4 Å². The number of benzene rings is 1. The van der Waals surface area contributed by atoms with Gasteiger partial charge in [0, 0.05) is 13.1 Å². The Balaban J connectivity index is 2.14. The van der Waals surface area contributed by atoms with E-state index >= 15 is 0 Å². The first-order chi connectivity index (χ1) is 14.3. The van der Waals surface area contributed by atoms with E-state index in [0.29, 0.717) is 13.1 Å². The molecule has 0 saturated carbocycles. The first kappa shape index (κ1) is 25.9. The van der Waals surface area contributed by atoms with Crippen LogP contribution in [0.4, 0.5) is 0 Å². The number of ether oxygens (including phenoxy) is 2. The third-order valence-corrected chi connectivity index (χ3v) is 7.16. The molecule has 11 heteroatoms. The van der Waals surface area contributed by atoms with Crippen LogP contribution in [0.25, 0.3) is 0 Å². The molecular weight excluding hydrogens is 467 g/mol. The molecule has 1 fully saturated rings. The number of sulfonamides is 1. The van der Waals surface area contributed by atoms with Crippen molar-refractivity contribution in [2.45, 2.75) is 63.9 Å². The molecule has 0 radical (unpaired) electrons. The minimum Gasteiger partial charge on any atom is -0.451 e. The van der Waals surface area contributed by atoms with E-state index in [0.717, 1.165) is 0 Å². The maximum absolute atomic E-state index is 12.9. The SMILES string of the molecule is CC(C)[C@@H](NS(=O)(=O)c1c(Cl)cccc1Cl)C(=O)O[C@@H](C)C(=O)N1C[C@@H](C)O[C@H](C)C1. The molecular formula is C20H28Cl2N2O6S. The molecule has 2 rings (SSSR count). The van der Waals surface area contributed by atoms with Gasteiger partial charge in [0.15, 0.2) is 6.10 Å². The number of halogens is 2. The van der Waals surface area contributed by atoms with E-state index in [1.54, 1.807) is 18.7 Å². The van der Waals surface area contributed by atoms with Crippen LogP contribution >= 0.6 is 23.2 Å². The Bertz CT molecular complexity index is 894. The van der Waals surface area contributed by atoms with Crippen LogP contribution in [0, 0.1) is 5.92 Å². The summed E-state index contributed by atoms with van der Waals surface area (Å²) in [5.41, 5.74) is 0. The molecule has 1 aromatic carbocycles. The van der Waals surface area contributed by atoms with Crippen molar-refractivity contribution in [2.24, 2.45) is 5.92 Å². The molecule has 4 atom stereocenters. The second-order valence-corrected chi connectivity index (χ2v) is 10.4. The van der Waals surface area contributed by atoms with Gasteiger partial charge in [0.2, 0.25) is 10.0 Å². The summed E-state index contributed by atoms with van der Waals surface area (Å²) in [6.45, 7) is 9.25. The zero-order chi connectivity index (χ0) is 23.5. The Kier molecular flexibility index (Phi) is 8.75. The van der Waals surface area contributed by atoms with Gasteiger partial charge in [0.1, 0.15) is 10.9 Å². The topological polar surface area (TPSA) is 102 Å². The third-order valence-electron chi connectivity index (χ3n) is 4.76. The van der Waals surface area contributed by atoms with E-state index in [-0.39, 0.29) is 33.1 Å². The molecule has 1 aromatic rings. The van der Waals surface area contributed by atoms with Gasteiger partial charge in [-0.3, -0.25) is 9.59 Å². The number of esters is 1. The van der Waals surface area contributed by atoms with Crippen molar-refractivity contribution in [3.63, 3.8) is 0 Å². The maximum atomic E-state index is 12.9. The summed E-state index contributed by atoms with van der Waals surface area (Å²) in [6.07, 6.45) is -1.35. The molecule has 1 heterocycles. The number of rotatable bonds is 7. The van der Waals surface area contributed by atoms with Gasteiger partial charge in [-0.15, -0.1) is 0 Å². The number of carbonyl (C=O) groups excluding carboxylic acids is 2. The Morgan fingerprint density at radius 3 is 2.13 bits per heavy atom. The molecule has 0 unspecified atom stereocenters. The molecule has 0 aromatic heterocycles. The van der Waals surface area contributed by atoms with Crippen molar-refractivity contribution in [2.75, 3.05) is 13.1 Å². The predicted octanol–water partition coefficient (Wildman–Crippen LogP) is 2.86. The summed E-state index contributed by atoms with van der Waals surface area (Å²) in [5, 5.41) is -0.148. The summed E-state index contributed by atoms with van der Waals surface area (Å²) >= 11 is 12.0. The molecule has 8 nitrogen and oxygen atoms in total. The second kappa shape index (κ2) is 10.5. The summed E-state index contributed by atoms with van der Waals surface area (Å²) in [5.74, 6) is -1.69. The van der Waals surface area contributed by atoms with Crippen molar-refractivity contribution in [1.29, 1.82) is 0 Å². The van der Waals surface area contributed by atoms with E-state index in [1.807, 2.05) is 13.8 Å². The number of hydrogen-bond donors (Lipinski definition) is 1. The van der Waals surface area contributed by atoms with E-state index in [9.17, 15) is 18.0 Å². The highest BCUT2D eigenvalue weighted by Crippen LogP contribution is 2.29. The predicted molar refractivity (Wildman–Crippen MR) is 118 cm³/mol. The lowest BCUT2D eigenvalue weighted by Crippen LogP contribution is -2.52. The Morgan fingerprint density at radius 1 is 1.13 bits per heavy atom. The lowest BCUT2D eigenvalue weighted by Gasteiger charge is -2.36. The van der Waals surface area contributed by atoms with Gasteiger partial charge in [-0.1, -0.05) is 43.1 Å². The molecule has 1 amide bonds. The van der Waals surface area contributed by atoms with Gasteiger partial charge in [0.25, 0.3) is 5.91 Å². The fourth-order valence-electron chi connectivity index (χ4n) is 3.33. The number of carbonyl (C=O) groups is 2. The number of hydrogen-bond acceptors (Lipinski definition) is 6. The smallest absolute Gasteiger partial charge is 0.325 e.